The summed E-state index contributed by atoms with van der Waals surface area (Å²) in [5.74, 6) is -2.00. The Labute approximate surface area is 112 Å². The van der Waals surface area contributed by atoms with Gasteiger partial charge in [0.15, 0.2) is 0 Å². The number of aromatic hydroxyl groups is 1. The molecule has 0 saturated heterocycles. The van der Waals surface area contributed by atoms with Gasteiger partial charge in [0, 0.05) is 5.56 Å². The minimum atomic E-state index is -3.65. The fraction of sp³-hybridized carbons (Fsp3) is 0.500. The number of nitrogens with two attached hydrogens (primary N) is 1. The third kappa shape index (κ3) is 3.54. The molecule has 1 aromatic carbocycles. The number of hydrogen-bond acceptors (Lipinski definition) is 5. The molecule has 0 aliphatic heterocycles. The molecule has 0 bridgehead atoms. The molecule has 0 fully saturated rings. The number of hydrogen-bond donors (Lipinski definition) is 2. The van der Waals surface area contributed by atoms with E-state index in [2.05, 4.69) is 0 Å². The van der Waals surface area contributed by atoms with Gasteiger partial charge in [-0.25, -0.2) is 4.39 Å². The Morgan fingerprint density at radius 1 is 1.37 bits per heavy atom. The summed E-state index contributed by atoms with van der Waals surface area (Å²) in [5, 5.41) is 9.91. The third-order valence-corrected chi connectivity index (χ3v) is 4.77. The SMILES string of the molecule is CCOP(=O)(OCC)[C@@H](N)c1cc(F)cc(C)c1O. The second kappa shape index (κ2) is 6.48. The van der Waals surface area contributed by atoms with Gasteiger partial charge in [-0.2, -0.15) is 0 Å². The number of phenolic OH excluding ortho intramolecular Hbond substituents is 1. The molecule has 19 heavy (non-hydrogen) atoms. The maximum atomic E-state index is 13.4. The lowest BCUT2D eigenvalue weighted by Gasteiger charge is -2.24. The molecule has 0 unspecified atom stereocenters. The zero-order valence-electron chi connectivity index (χ0n) is 11.2. The van der Waals surface area contributed by atoms with Gasteiger partial charge < -0.3 is 19.9 Å². The van der Waals surface area contributed by atoms with Crippen LogP contribution in [0.25, 0.3) is 0 Å². The van der Waals surface area contributed by atoms with Gasteiger partial charge in [-0.15, -0.1) is 0 Å². The van der Waals surface area contributed by atoms with Crippen molar-refractivity contribution in [3.8, 4) is 5.75 Å². The second-order valence-corrected chi connectivity index (χ2v) is 6.13. The molecule has 0 heterocycles. The highest BCUT2D eigenvalue weighted by Crippen LogP contribution is 2.59. The standard InChI is InChI=1S/C12H19FNO4P/c1-4-17-19(16,18-5-2)12(14)10-7-9(13)6-8(3)11(10)15/h6-7,12,15H,4-5,14H2,1-3H3/t12-/m1/s1. The van der Waals surface area contributed by atoms with E-state index in [0.29, 0.717) is 5.56 Å². The number of benzene rings is 1. The zero-order chi connectivity index (χ0) is 14.6. The Kier molecular flexibility index (Phi) is 5.50. The summed E-state index contributed by atoms with van der Waals surface area (Å²) in [6.07, 6.45) is 0. The van der Waals surface area contributed by atoms with E-state index >= 15 is 0 Å². The predicted octanol–water partition coefficient (Wildman–Crippen LogP) is 3.06. The monoisotopic (exact) mass is 291 g/mol. The predicted molar refractivity (Wildman–Crippen MR) is 70.6 cm³/mol. The van der Waals surface area contributed by atoms with Crippen LogP contribution in [-0.2, 0) is 13.6 Å². The van der Waals surface area contributed by atoms with E-state index in [1.54, 1.807) is 13.8 Å². The first-order chi connectivity index (χ1) is 8.85. The number of aryl methyl sites for hydroxylation is 1. The summed E-state index contributed by atoms with van der Waals surface area (Å²) in [6, 6.07) is 2.20. The molecule has 0 spiro atoms. The van der Waals surface area contributed by atoms with Crippen molar-refractivity contribution in [2.24, 2.45) is 5.73 Å². The van der Waals surface area contributed by atoms with Gasteiger partial charge in [0.05, 0.1) is 13.2 Å². The fourth-order valence-electron chi connectivity index (χ4n) is 1.72. The fourth-order valence-corrected chi connectivity index (χ4v) is 3.37. The van der Waals surface area contributed by atoms with E-state index in [1.165, 1.54) is 6.92 Å². The first kappa shape index (κ1) is 16.1. The maximum absolute atomic E-state index is 13.4. The molecule has 0 aliphatic rings. The summed E-state index contributed by atoms with van der Waals surface area (Å²) in [6.45, 7) is 5.10. The van der Waals surface area contributed by atoms with Crippen LogP contribution in [0, 0.1) is 12.7 Å². The Morgan fingerprint density at radius 3 is 2.37 bits per heavy atom. The average molecular weight is 291 g/mol. The molecule has 0 saturated carbocycles. The maximum Gasteiger partial charge on any atom is 0.351 e. The molecule has 0 radical (unpaired) electrons. The van der Waals surface area contributed by atoms with Gasteiger partial charge in [-0.1, -0.05) is 0 Å². The van der Waals surface area contributed by atoms with Crippen LogP contribution in [0.4, 0.5) is 4.39 Å². The van der Waals surface area contributed by atoms with Gasteiger partial charge >= 0.3 is 7.60 Å². The van der Waals surface area contributed by atoms with Gasteiger partial charge in [-0.3, -0.25) is 4.57 Å². The first-order valence-electron chi connectivity index (χ1n) is 5.99. The van der Waals surface area contributed by atoms with Crippen molar-refractivity contribution in [2.45, 2.75) is 26.6 Å². The molecule has 1 atom stereocenters. The quantitative estimate of drug-likeness (QED) is 0.787. The highest BCUT2D eigenvalue weighted by atomic mass is 31.2. The van der Waals surface area contributed by atoms with Crippen molar-refractivity contribution < 1.29 is 23.1 Å². The number of rotatable bonds is 6. The topological polar surface area (TPSA) is 81.8 Å². The van der Waals surface area contributed by atoms with E-state index in [0.717, 1.165) is 12.1 Å². The minimum absolute atomic E-state index is 0.0164. The lowest BCUT2D eigenvalue weighted by Crippen LogP contribution is -2.15. The lowest BCUT2D eigenvalue weighted by atomic mass is 10.1. The van der Waals surface area contributed by atoms with Crippen LogP contribution in [0.2, 0.25) is 0 Å². The molecule has 7 heteroatoms. The molecule has 1 rings (SSSR count). The average Bonchev–Trinajstić information content (AvgIpc) is 2.33. The van der Waals surface area contributed by atoms with Crippen molar-refractivity contribution in [1.29, 1.82) is 0 Å². The lowest BCUT2D eigenvalue weighted by molar-refractivity contribution is 0.212. The van der Waals surface area contributed by atoms with Crippen molar-refractivity contribution in [2.75, 3.05) is 13.2 Å². The summed E-state index contributed by atoms with van der Waals surface area (Å²) in [5.41, 5.74) is 6.17. The van der Waals surface area contributed by atoms with E-state index in [-0.39, 0.29) is 24.5 Å². The molecular weight excluding hydrogens is 272 g/mol. The van der Waals surface area contributed by atoms with Crippen LogP contribution < -0.4 is 5.73 Å². The van der Waals surface area contributed by atoms with Gasteiger partial charge in [0.2, 0.25) is 0 Å². The van der Waals surface area contributed by atoms with E-state index in [4.69, 9.17) is 14.8 Å². The van der Waals surface area contributed by atoms with Crippen molar-refractivity contribution in [3.05, 3.63) is 29.1 Å². The van der Waals surface area contributed by atoms with Crippen LogP contribution in [0.3, 0.4) is 0 Å². The van der Waals surface area contributed by atoms with Crippen LogP contribution in [0.1, 0.15) is 30.8 Å². The molecule has 108 valence electrons. The number of phenols is 1. The van der Waals surface area contributed by atoms with Crippen molar-refractivity contribution in [3.63, 3.8) is 0 Å². The van der Waals surface area contributed by atoms with Gasteiger partial charge in [0.25, 0.3) is 0 Å². The Bertz CT molecular complexity index is 485. The Hall–Kier alpha value is -0.940. The third-order valence-electron chi connectivity index (χ3n) is 2.57. The highest BCUT2D eigenvalue weighted by molar-refractivity contribution is 7.54. The van der Waals surface area contributed by atoms with E-state index < -0.39 is 19.2 Å². The van der Waals surface area contributed by atoms with Gasteiger partial charge in [-0.05, 0) is 38.5 Å². The molecule has 0 aromatic heterocycles. The summed E-state index contributed by atoms with van der Waals surface area (Å²) in [4.78, 5) is 0. The van der Waals surface area contributed by atoms with Crippen LogP contribution >= 0.6 is 7.60 Å². The molecule has 3 N–H and O–H groups in total. The Morgan fingerprint density at radius 2 is 1.89 bits per heavy atom. The van der Waals surface area contributed by atoms with Gasteiger partial charge in [0.1, 0.15) is 17.3 Å². The summed E-state index contributed by atoms with van der Waals surface area (Å²) in [7, 11) is -3.65. The number of halogens is 1. The smallest absolute Gasteiger partial charge is 0.351 e. The Balaban J connectivity index is 3.24. The first-order valence-corrected chi connectivity index (χ1v) is 7.60. The summed E-state index contributed by atoms with van der Waals surface area (Å²) < 4.78 is 36.1. The minimum Gasteiger partial charge on any atom is -0.507 e. The molecule has 0 aliphatic carbocycles. The van der Waals surface area contributed by atoms with Crippen LogP contribution in [-0.4, -0.2) is 18.3 Å². The summed E-state index contributed by atoms with van der Waals surface area (Å²) >= 11 is 0. The van der Waals surface area contributed by atoms with E-state index in [9.17, 15) is 14.1 Å². The normalized spacial score (nSPS) is 13.5. The second-order valence-electron chi connectivity index (χ2n) is 3.98. The van der Waals surface area contributed by atoms with Crippen LogP contribution in [0.5, 0.6) is 5.75 Å². The van der Waals surface area contributed by atoms with Crippen molar-refractivity contribution >= 4 is 7.60 Å². The van der Waals surface area contributed by atoms with Crippen LogP contribution in [0.15, 0.2) is 12.1 Å². The largest absolute Gasteiger partial charge is 0.507 e. The van der Waals surface area contributed by atoms with Crippen molar-refractivity contribution in [1.82, 2.24) is 0 Å². The molecule has 5 nitrogen and oxygen atoms in total. The zero-order valence-corrected chi connectivity index (χ0v) is 12.1. The van der Waals surface area contributed by atoms with E-state index in [1.807, 2.05) is 0 Å². The highest BCUT2D eigenvalue weighted by Gasteiger charge is 2.36. The molecular formula is C12H19FNO4P. The molecule has 0 amide bonds. The molecule has 1 aromatic rings.